The molecule has 4 heterocycles. The highest BCUT2D eigenvalue weighted by atomic mass is 19.4. The lowest BCUT2D eigenvalue weighted by atomic mass is 10.0. The molecule has 1 aliphatic heterocycles. The van der Waals surface area contributed by atoms with Crippen LogP contribution in [-0.2, 0) is 33.6 Å². The van der Waals surface area contributed by atoms with Crippen LogP contribution in [0.4, 0.5) is 13.2 Å². The van der Waals surface area contributed by atoms with E-state index in [0.29, 0.717) is 47.4 Å². The highest BCUT2D eigenvalue weighted by Gasteiger charge is 2.62. The Bertz CT molecular complexity index is 1640. The third-order valence-electron chi connectivity index (χ3n) is 8.43. The van der Waals surface area contributed by atoms with Gasteiger partial charge in [0.2, 0.25) is 5.91 Å². The van der Waals surface area contributed by atoms with E-state index in [1.807, 2.05) is 32.3 Å². The molecule has 1 amide bonds. The molecule has 0 spiro atoms. The van der Waals surface area contributed by atoms with Crippen molar-refractivity contribution in [1.82, 2.24) is 29.4 Å². The van der Waals surface area contributed by atoms with Gasteiger partial charge in [-0.3, -0.25) is 4.79 Å². The summed E-state index contributed by atoms with van der Waals surface area (Å²) in [5.41, 5.74) is 1.42. The number of nitrogens with zero attached hydrogens (tertiary/aromatic N) is 5. The number of hydrogen-bond acceptors (Lipinski definition) is 6. The van der Waals surface area contributed by atoms with Gasteiger partial charge in [0.25, 0.3) is 0 Å². The third kappa shape index (κ3) is 5.77. The molecule has 1 saturated carbocycles. The maximum atomic E-state index is 14.0. The van der Waals surface area contributed by atoms with Gasteiger partial charge in [-0.2, -0.15) is 18.3 Å². The van der Waals surface area contributed by atoms with Gasteiger partial charge in [0.05, 0.1) is 47.5 Å². The Morgan fingerprint density at radius 1 is 1.26 bits per heavy atom. The Balaban J connectivity index is 0.00000180. The minimum atomic E-state index is -4.54. The first-order chi connectivity index (χ1) is 20.5. The summed E-state index contributed by atoms with van der Waals surface area (Å²) in [4.78, 5) is 30.5. The van der Waals surface area contributed by atoms with Gasteiger partial charge in [0.1, 0.15) is 12.6 Å². The predicted molar refractivity (Wildman–Crippen MR) is 156 cm³/mol. The van der Waals surface area contributed by atoms with Crippen LogP contribution in [0, 0.1) is 17.3 Å². The molecule has 0 bridgehead atoms. The quantitative estimate of drug-likeness (QED) is 0.307. The number of carbonyl (C=O) groups is 2. The maximum absolute atomic E-state index is 14.0. The van der Waals surface area contributed by atoms with E-state index >= 15 is 0 Å². The van der Waals surface area contributed by atoms with Gasteiger partial charge in [-0.15, -0.1) is 0 Å². The molecule has 3 atom stereocenters. The molecule has 0 radical (unpaired) electrons. The second kappa shape index (κ2) is 11.7. The minimum Gasteiger partial charge on any atom is -0.374 e. The lowest BCUT2D eigenvalue weighted by Gasteiger charge is -2.24. The average molecular weight is 599 g/mol. The fourth-order valence-corrected chi connectivity index (χ4v) is 6.07. The van der Waals surface area contributed by atoms with Crippen LogP contribution >= 0.6 is 0 Å². The topological polar surface area (TPSA) is 93.8 Å². The molecule has 12 heteroatoms. The van der Waals surface area contributed by atoms with E-state index in [1.54, 1.807) is 41.0 Å². The molecule has 1 aliphatic carbocycles. The number of carbonyl (C=O) groups excluding carboxylic acids is 2. The lowest BCUT2D eigenvalue weighted by Crippen LogP contribution is -2.40. The molecule has 1 saturated heterocycles. The van der Waals surface area contributed by atoms with E-state index in [-0.39, 0.29) is 35.8 Å². The summed E-state index contributed by atoms with van der Waals surface area (Å²) in [6.07, 6.45) is 1.01. The molecule has 9 nitrogen and oxygen atoms in total. The van der Waals surface area contributed by atoms with Crippen LogP contribution in [0.2, 0.25) is 0 Å². The Labute approximate surface area is 248 Å². The van der Waals surface area contributed by atoms with Crippen LogP contribution in [0.5, 0.6) is 0 Å². The highest BCUT2D eigenvalue weighted by molar-refractivity contribution is 5.98. The average Bonchev–Trinajstić information content (AvgIpc) is 3.27. The van der Waals surface area contributed by atoms with Gasteiger partial charge in [0.15, 0.2) is 0 Å². The van der Waals surface area contributed by atoms with Gasteiger partial charge in [-0.05, 0) is 35.2 Å². The number of benzene rings is 1. The molecule has 2 aliphatic rings. The van der Waals surface area contributed by atoms with Crippen molar-refractivity contribution in [3.8, 4) is 11.3 Å². The van der Waals surface area contributed by atoms with Crippen LogP contribution < -0.4 is 5.32 Å². The molecule has 4 aromatic rings. The van der Waals surface area contributed by atoms with Gasteiger partial charge in [-0.25, -0.2) is 9.50 Å². The Morgan fingerprint density at radius 2 is 2.02 bits per heavy atom. The number of aromatic nitrogens is 4. The number of nitrogens with one attached hydrogen (secondary N) is 1. The van der Waals surface area contributed by atoms with Gasteiger partial charge < -0.3 is 24.3 Å². The summed E-state index contributed by atoms with van der Waals surface area (Å²) in [5.74, 6) is -0.796. The van der Waals surface area contributed by atoms with E-state index in [9.17, 15) is 22.8 Å². The fraction of sp³-hybridized carbons (Fsp3) is 0.484. The van der Waals surface area contributed by atoms with Crippen molar-refractivity contribution in [2.24, 2.45) is 17.3 Å². The summed E-state index contributed by atoms with van der Waals surface area (Å²) in [6, 6.07) is 5.77. The number of amides is 1. The zero-order chi connectivity index (χ0) is 31.1. The Morgan fingerprint density at radius 3 is 2.67 bits per heavy atom. The SMILES string of the molecule is CC.CN(Cc1cc2c(-c3cc(C(F)(F)F)cc4ccn(CC5CNCCO5)c34)ncnn2c1)C(=O)C1C(C=O)C1(C)C. The zero-order valence-corrected chi connectivity index (χ0v) is 25.0. The van der Waals surface area contributed by atoms with Crippen LogP contribution in [0.25, 0.3) is 27.7 Å². The van der Waals surface area contributed by atoms with Crippen molar-refractivity contribution < 1.29 is 27.5 Å². The monoisotopic (exact) mass is 598 g/mol. The second-order valence-electron chi connectivity index (χ2n) is 11.6. The number of aldehydes is 1. The molecule has 3 aromatic heterocycles. The summed E-state index contributed by atoms with van der Waals surface area (Å²) in [7, 11) is 1.68. The van der Waals surface area contributed by atoms with Crippen LogP contribution in [0.15, 0.2) is 43.0 Å². The van der Waals surface area contributed by atoms with E-state index in [1.165, 1.54) is 6.33 Å². The van der Waals surface area contributed by atoms with Crippen molar-refractivity contribution in [1.29, 1.82) is 0 Å². The van der Waals surface area contributed by atoms with Gasteiger partial charge >= 0.3 is 6.18 Å². The number of morpholine rings is 1. The smallest absolute Gasteiger partial charge is 0.374 e. The molecular weight excluding hydrogens is 561 g/mol. The Kier molecular flexibility index (Phi) is 8.36. The van der Waals surface area contributed by atoms with Crippen molar-refractivity contribution in [2.75, 3.05) is 26.7 Å². The highest BCUT2D eigenvalue weighted by Crippen LogP contribution is 2.57. The largest absolute Gasteiger partial charge is 0.416 e. The first-order valence-corrected chi connectivity index (χ1v) is 14.5. The molecule has 3 unspecified atom stereocenters. The van der Waals surface area contributed by atoms with Gasteiger partial charge in [-0.1, -0.05) is 27.7 Å². The minimum absolute atomic E-state index is 0.120. The van der Waals surface area contributed by atoms with Crippen molar-refractivity contribution in [3.05, 3.63) is 54.1 Å². The summed E-state index contributed by atoms with van der Waals surface area (Å²) >= 11 is 0. The fourth-order valence-electron chi connectivity index (χ4n) is 6.07. The van der Waals surface area contributed by atoms with E-state index < -0.39 is 11.7 Å². The number of rotatable bonds is 7. The van der Waals surface area contributed by atoms with Crippen molar-refractivity contribution in [3.63, 3.8) is 0 Å². The number of alkyl halides is 3. The normalized spacial score (nSPS) is 21.3. The third-order valence-corrected chi connectivity index (χ3v) is 8.43. The standard InChI is InChI=1S/C29H31F3N6O3.C2H6/c1-28(2)22(15-39)24(28)27(40)36(3)12-17-8-23-25(34-16-35-38(23)13-17)21-10-19(29(30,31)32)9-18-4-6-37(26(18)21)14-20-11-33-5-7-41-20;1-2/h4,6,8-10,13,15-16,20,22,24,33H,5,7,11-12,14H2,1-3H3;1-2H3. The predicted octanol–water partition coefficient (Wildman–Crippen LogP) is 4.81. The maximum Gasteiger partial charge on any atom is 0.416 e. The van der Waals surface area contributed by atoms with Crippen LogP contribution in [0.3, 0.4) is 0 Å². The zero-order valence-electron chi connectivity index (χ0n) is 25.0. The number of hydrogen-bond donors (Lipinski definition) is 1. The molecule has 43 heavy (non-hydrogen) atoms. The molecule has 1 aromatic carbocycles. The summed E-state index contributed by atoms with van der Waals surface area (Å²) < 4.78 is 51.3. The van der Waals surface area contributed by atoms with Crippen molar-refractivity contribution in [2.45, 2.75) is 53.1 Å². The number of fused-ring (bicyclic) bond motifs is 2. The Hall–Kier alpha value is -3.77. The van der Waals surface area contributed by atoms with E-state index in [4.69, 9.17) is 4.74 Å². The van der Waals surface area contributed by atoms with Crippen LogP contribution in [-0.4, -0.2) is 69.1 Å². The van der Waals surface area contributed by atoms with Crippen LogP contribution in [0.1, 0.15) is 38.8 Å². The number of ether oxygens (including phenoxy) is 1. The molecule has 230 valence electrons. The first-order valence-electron chi connectivity index (χ1n) is 14.5. The van der Waals surface area contributed by atoms with Crippen molar-refractivity contribution >= 4 is 28.6 Å². The second-order valence-corrected chi connectivity index (χ2v) is 11.6. The molecule has 6 rings (SSSR count). The molecular formula is C31H37F3N6O3. The molecule has 1 N–H and O–H groups in total. The molecule has 2 fully saturated rings. The van der Waals surface area contributed by atoms with Gasteiger partial charge in [0, 0.05) is 55.9 Å². The lowest BCUT2D eigenvalue weighted by molar-refractivity contribution is -0.137. The summed E-state index contributed by atoms with van der Waals surface area (Å²) in [5, 5.41) is 8.02. The van der Waals surface area contributed by atoms with E-state index in [0.717, 1.165) is 30.5 Å². The van der Waals surface area contributed by atoms with E-state index in [2.05, 4.69) is 15.4 Å². The summed E-state index contributed by atoms with van der Waals surface area (Å²) in [6.45, 7) is 10.5. The first kappa shape index (κ1) is 30.7. The number of halogens is 3.